The summed E-state index contributed by atoms with van der Waals surface area (Å²) in [5.41, 5.74) is 0. The van der Waals surface area contributed by atoms with Crippen LogP contribution in [0.5, 0.6) is 0 Å². The van der Waals surface area contributed by atoms with Crippen LogP contribution in [0, 0.1) is 0 Å². The van der Waals surface area contributed by atoms with Gasteiger partial charge in [-0.05, 0) is 6.92 Å². The molecule has 1 atom stereocenters. The Kier molecular flexibility index (Phi) is 3.64. The van der Waals surface area contributed by atoms with Gasteiger partial charge in [-0.15, -0.1) is 0 Å². The molecular formula is C5H12N2O3S. The molecule has 0 radical (unpaired) electrons. The van der Waals surface area contributed by atoms with Crippen molar-refractivity contribution in [2.45, 2.75) is 26.3 Å². The lowest BCUT2D eigenvalue weighted by atomic mass is 10.2. The number of Topliss-reactive ketones (excluding diaryl/α,β-unsaturated/α-hetero) is 1. The van der Waals surface area contributed by atoms with Crippen LogP contribution in [0.4, 0.5) is 0 Å². The van der Waals surface area contributed by atoms with E-state index in [0.29, 0.717) is 6.42 Å². The lowest BCUT2D eigenvalue weighted by Gasteiger charge is -2.08. The molecule has 0 aliphatic heterocycles. The van der Waals surface area contributed by atoms with Gasteiger partial charge in [-0.3, -0.25) is 4.79 Å². The fourth-order valence-electron chi connectivity index (χ4n) is 0.618. The van der Waals surface area contributed by atoms with Crippen molar-refractivity contribution in [2.75, 3.05) is 0 Å². The maximum atomic E-state index is 10.8. The number of carbonyl (C=O) groups excluding carboxylic acids is 1. The Balaban J connectivity index is 4.09. The van der Waals surface area contributed by atoms with E-state index in [4.69, 9.17) is 0 Å². The van der Waals surface area contributed by atoms with Gasteiger partial charge in [-0.2, -0.15) is 13.1 Å². The molecule has 11 heavy (non-hydrogen) atoms. The molecule has 0 aromatic carbocycles. The van der Waals surface area contributed by atoms with Crippen LogP contribution in [-0.2, 0) is 15.0 Å². The molecule has 0 saturated carbocycles. The Labute approximate surface area is 66.1 Å². The van der Waals surface area contributed by atoms with E-state index in [-0.39, 0.29) is 5.78 Å². The highest BCUT2D eigenvalue weighted by atomic mass is 32.2. The molecular weight excluding hydrogens is 168 g/mol. The molecule has 3 N–H and O–H groups in total. The topological polar surface area (TPSA) is 89.3 Å². The van der Waals surface area contributed by atoms with Gasteiger partial charge >= 0.3 is 0 Å². The fraction of sp³-hybridized carbons (Fsp3) is 0.800. The summed E-state index contributed by atoms with van der Waals surface area (Å²) in [6.07, 6.45) is 0.295. The minimum absolute atomic E-state index is 0.181. The molecule has 0 aliphatic carbocycles. The van der Waals surface area contributed by atoms with Crippen LogP contribution in [0.2, 0.25) is 0 Å². The van der Waals surface area contributed by atoms with Crippen LogP contribution >= 0.6 is 0 Å². The molecule has 0 heterocycles. The Morgan fingerprint density at radius 3 is 2.36 bits per heavy atom. The van der Waals surface area contributed by atoms with Crippen LogP contribution < -0.4 is 9.86 Å². The Morgan fingerprint density at radius 1 is 1.64 bits per heavy atom. The molecule has 5 nitrogen and oxygen atoms in total. The minimum Gasteiger partial charge on any atom is -0.298 e. The summed E-state index contributed by atoms with van der Waals surface area (Å²) in [6.45, 7) is 3.11. The van der Waals surface area contributed by atoms with Gasteiger partial charge in [-0.1, -0.05) is 6.92 Å². The molecule has 0 rings (SSSR count). The zero-order valence-corrected chi connectivity index (χ0v) is 7.31. The molecule has 1 unspecified atom stereocenters. The Hall–Kier alpha value is -0.460. The maximum Gasteiger partial charge on any atom is 0.275 e. The van der Waals surface area contributed by atoms with Crippen molar-refractivity contribution in [2.24, 2.45) is 5.14 Å². The van der Waals surface area contributed by atoms with Gasteiger partial charge in [0.15, 0.2) is 0 Å². The van der Waals surface area contributed by atoms with Crippen molar-refractivity contribution >= 4 is 16.0 Å². The first-order valence-corrected chi connectivity index (χ1v) is 4.74. The Bertz CT molecular complexity index is 234. The lowest BCUT2D eigenvalue weighted by molar-refractivity contribution is -0.119. The lowest BCUT2D eigenvalue weighted by Crippen LogP contribution is -2.41. The van der Waals surface area contributed by atoms with Crippen LogP contribution in [0.1, 0.15) is 20.3 Å². The molecule has 0 aromatic heterocycles. The number of nitrogens with one attached hydrogen (secondary N) is 1. The molecule has 66 valence electrons. The van der Waals surface area contributed by atoms with Gasteiger partial charge in [0.2, 0.25) is 0 Å². The van der Waals surface area contributed by atoms with Gasteiger partial charge in [0.25, 0.3) is 10.2 Å². The summed E-state index contributed by atoms with van der Waals surface area (Å²) in [5.74, 6) is -0.181. The SMILES string of the molecule is CCC(=O)C(C)NS(N)(=O)=O. The van der Waals surface area contributed by atoms with Crippen LogP contribution in [0.25, 0.3) is 0 Å². The summed E-state index contributed by atoms with van der Waals surface area (Å²) in [6, 6.07) is -0.727. The van der Waals surface area contributed by atoms with Crippen molar-refractivity contribution in [3.05, 3.63) is 0 Å². The van der Waals surface area contributed by atoms with Gasteiger partial charge in [-0.25, -0.2) is 5.14 Å². The number of carbonyl (C=O) groups is 1. The predicted molar refractivity (Wildman–Crippen MR) is 41.0 cm³/mol. The summed E-state index contributed by atoms with van der Waals surface area (Å²) in [5, 5.41) is 4.64. The van der Waals surface area contributed by atoms with Gasteiger partial charge in [0.05, 0.1) is 6.04 Å². The summed E-state index contributed by atoms with van der Waals surface area (Å²) in [7, 11) is -3.75. The molecule has 0 saturated heterocycles. The van der Waals surface area contributed by atoms with E-state index in [1.807, 2.05) is 4.72 Å². The summed E-state index contributed by atoms with van der Waals surface area (Å²) in [4.78, 5) is 10.8. The van der Waals surface area contributed by atoms with Crippen molar-refractivity contribution in [3.63, 3.8) is 0 Å². The van der Waals surface area contributed by atoms with Crippen LogP contribution in [0.15, 0.2) is 0 Å². The third-order valence-electron chi connectivity index (χ3n) is 1.17. The zero-order valence-electron chi connectivity index (χ0n) is 6.49. The standard InChI is InChI=1S/C5H12N2O3S/c1-3-5(8)4(2)7-11(6,9)10/h4,7H,3H2,1-2H3,(H2,6,9,10). The first kappa shape index (κ1) is 10.5. The van der Waals surface area contributed by atoms with E-state index in [2.05, 4.69) is 5.14 Å². The summed E-state index contributed by atoms with van der Waals surface area (Å²) >= 11 is 0. The number of rotatable bonds is 4. The van der Waals surface area contributed by atoms with E-state index in [1.54, 1.807) is 6.92 Å². The van der Waals surface area contributed by atoms with E-state index in [9.17, 15) is 13.2 Å². The molecule has 0 aliphatic rings. The first-order valence-electron chi connectivity index (χ1n) is 3.19. The van der Waals surface area contributed by atoms with Crippen LogP contribution in [-0.4, -0.2) is 20.2 Å². The number of ketones is 1. The number of nitrogens with two attached hydrogens (primary N) is 1. The van der Waals surface area contributed by atoms with E-state index in [0.717, 1.165) is 0 Å². The smallest absolute Gasteiger partial charge is 0.275 e. The number of hydrogen-bond acceptors (Lipinski definition) is 3. The quantitative estimate of drug-likeness (QED) is 0.590. The van der Waals surface area contributed by atoms with E-state index >= 15 is 0 Å². The zero-order chi connectivity index (χ0) is 9.07. The normalized spacial score (nSPS) is 14.5. The van der Waals surface area contributed by atoms with E-state index < -0.39 is 16.3 Å². The van der Waals surface area contributed by atoms with Crippen molar-refractivity contribution < 1.29 is 13.2 Å². The summed E-state index contributed by atoms with van der Waals surface area (Å²) < 4.78 is 22.7. The molecule has 0 spiro atoms. The van der Waals surface area contributed by atoms with Crippen molar-refractivity contribution in [3.8, 4) is 0 Å². The third-order valence-corrected chi connectivity index (χ3v) is 1.85. The number of hydrogen-bond donors (Lipinski definition) is 2. The second-order valence-corrected chi connectivity index (χ2v) is 3.53. The molecule has 0 bridgehead atoms. The predicted octanol–water partition coefficient (Wildman–Crippen LogP) is -0.853. The Morgan fingerprint density at radius 2 is 2.09 bits per heavy atom. The molecule has 0 aromatic rings. The molecule has 0 fully saturated rings. The first-order chi connectivity index (χ1) is 4.87. The largest absolute Gasteiger partial charge is 0.298 e. The average Bonchev–Trinajstić information content (AvgIpc) is 1.82. The van der Waals surface area contributed by atoms with Crippen LogP contribution in [0.3, 0.4) is 0 Å². The van der Waals surface area contributed by atoms with Crippen molar-refractivity contribution in [1.82, 2.24) is 4.72 Å². The fourth-order valence-corrected chi connectivity index (χ4v) is 1.24. The van der Waals surface area contributed by atoms with Gasteiger partial charge in [0, 0.05) is 6.42 Å². The third kappa shape index (κ3) is 4.88. The van der Waals surface area contributed by atoms with Gasteiger partial charge in [0.1, 0.15) is 5.78 Å². The highest BCUT2D eigenvalue weighted by molar-refractivity contribution is 7.87. The highest BCUT2D eigenvalue weighted by Crippen LogP contribution is 1.90. The average molecular weight is 180 g/mol. The molecule has 6 heteroatoms. The minimum atomic E-state index is -3.75. The maximum absolute atomic E-state index is 10.8. The van der Waals surface area contributed by atoms with E-state index in [1.165, 1.54) is 6.92 Å². The second-order valence-electron chi connectivity index (χ2n) is 2.20. The monoisotopic (exact) mass is 180 g/mol. The molecule has 0 amide bonds. The van der Waals surface area contributed by atoms with Gasteiger partial charge < -0.3 is 0 Å². The second kappa shape index (κ2) is 3.80. The highest BCUT2D eigenvalue weighted by Gasteiger charge is 2.14. The van der Waals surface area contributed by atoms with Crippen molar-refractivity contribution in [1.29, 1.82) is 0 Å².